The van der Waals surface area contributed by atoms with Crippen LogP contribution in [0.1, 0.15) is 19.3 Å². The summed E-state index contributed by atoms with van der Waals surface area (Å²) in [6.45, 7) is 3.68. The van der Waals surface area contributed by atoms with Crippen molar-refractivity contribution >= 4 is 18.8 Å². The molecule has 5 heteroatoms. The number of hydrogen-bond acceptors (Lipinski definition) is 1. The Kier molecular flexibility index (Phi) is 10.3. The number of hydrogen-bond donors (Lipinski definition) is 0. The summed E-state index contributed by atoms with van der Waals surface area (Å²) in [4.78, 5) is 2.06. The first kappa shape index (κ1) is 12.2. The van der Waals surface area contributed by atoms with Crippen LogP contribution in [-0.2, 0) is 16.5 Å². The molecule has 0 spiro atoms. The first-order valence-electron chi connectivity index (χ1n) is 3.39. The average Bonchev–Trinajstić information content (AvgIpc) is 2.08. The van der Waals surface area contributed by atoms with Crippen LogP contribution in [0.4, 0.5) is 0 Å². The van der Waals surface area contributed by atoms with Gasteiger partial charge in [0.1, 0.15) is 0 Å². The molecule has 0 aromatic carbocycles. The van der Waals surface area contributed by atoms with E-state index in [0.29, 0.717) is 6.67 Å². The van der Waals surface area contributed by atoms with Crippen molar-refractivity contribution in [2.75, 3.05) is 13.2 Å². The van der Waals surface area contributed by atoms with Crippen molar-refractivity contribution in [3.63, 3.8) is 0 Å². The molecule has 0 radical (unpaired) electrons. The Bertz CT molecular complexity index is 79.0. The number of nitrogens with one attached hydrogen (secondary N) is 1. The molecular weight excluding hydrogens is 366 g/mol. The average molecular weight is 378 g/mol. The molecule has 1 heterocycles. The van der Waals surface area contributed by atoms with Gasteiger partial charge in [-0.25, -0.2) is 0 Å². The molecule has 1 aliphatic rings. The topological polar surface area (TPSA) is 27.0 Å². The summed E-state index contributed by atoms with van der Waals surface area (Å²) in [6.07, 6.45) is 3.77. The fourth-order valence-electron chi connectivity index (χ4n) is 0.968. The summed E-state index contributed by atoms with van der Waals surface area (Å²) in [5.74, 6) is 0. The van der Waals surface area contributed by atoms with E-state index < -0.39 is 16.5 Å². The van der Waals surface area contributed by atoms with Crippen LogP contribution in [-0.4, -0.2) is 18.1 Å². The third kappa shape index (κ3) is 7.55. The van der Waals surface area contributed by atoms with Crippen molar-refractivity contribution in [2.24, 2.45) is 0 Å². The summed E-state index contributed by atoms with van der Waals surface area (Å²) in [5.41, 5.74) is 6.99. The van der Waals surface area contributed by atoms with Gasteiger partial charge in [-0.15, -0.1) is 6.67 Å². The van der Waals surface area contributed by atoms with Crippen molar-refractivity contribution in [3.05, 3.63) is 12.3 Å². The van der Waals surface area contributed by atoms with Crippen LogP contribution < -0.4 is 0 Å². The van der Waals surface area contributed by atoms with Crippen LogP contribution in [0, 0.1) is 6.54 Å². The predicted octanol–water partition coefficient (Wildman–Crippen LogP) is 3.02. The van der Waals surface area contributed by atoms with Gasteiger partial charge in [0.2, 0.25) is 0 Å². The van der Waals surface area contributed by atoms with Crippen LogP contribution in [0.25, 0.3) is 5.73 Å². The molecule has 0 aromatic rings. The third-order valence-corrected chi connectivity index (χ3v) is 1.49. The van der Waals surface area contributed by atoms with Crippen LogP contribution in [0.3, 0.4) is 0 Å². The minimum atomic E-state index is -0.472. The van der Waals surface area contributed by atoms with E-state index in [1.807, 2.05) is 0 Å². The standard InChI is InChI=1S/C6H12N2.2ClH.Pt/c7-6-8-4-2-1-3-5-8;;;/h4,7H,1-3,5-6H2;2*1H;/q-2;;;+4/p-2. The minimum absolute atomic E-state index is 0.444. The van der Waals surface area contributed by atoms with Crippen molar-refractivity contribution in [1.82, 2.24) is 4.90 Å². The van der Waals surface area contributed by atoms with E-state index in [0.717, 1.165) is 6.54 Å². The maximum absolute atomic E-state index is 6.99. The zero-order chi connectivity index (χ0) is 8.53. The maximum atomic E-state index is 6.99. The fourth-order valence-corrected chi connectivity index (χ4v) is 0.968. The third-order valence-electron chi connectivity index (χ3n) is 1.49. The quantitative estimate of drug-likeness (QED) is 0.645. The number of halogens is 2. The number of likely N-dealkylation sites (tertiary alicyclic amines) is 1. The van der Waals surface area contributed by atoms with Gasteiger partial charge in [0.05, 0.1) is 0 Å². The molecule has 1 aliphatic heterocycles. The predicted molar refractivity (Wildman–Crippen MR) is 45.8 cm³/mol. The molecule has 1 rings (SSSR count). The number of nitrogens with zero attached hydrogens (tertiary/aromatic N) is 1. The Morgan fingerprint density at radius 3 is 2.36 bits per heavy atom. The zero-order valence-corrected chi connectivity index (χ0v) is 9.92. The summed E-state index contributed by atoms with van der Waals surface area (Å²) in [6, 6.07) is 0. The Balaban J connectivity index is 0.000000292. The van der Waals surface area contributed by atoms with Gasteiger partial charge >= 0.3 is 35.3 Å². The van der Waals surface area contributed by atoms with Crippen molar-refractivity contribution in [3.8, 4) is 0 Å². The molecule has 1 N–H and O–H groups in total. The van der Waals surface area contributed by atoms with Gasteiger partial charge < -0.3 is 10.6 Å². The van der Waals surface area contributed by atoms with Crippen molar-refractivity contribution < 1.29 is 16.5 Å². The summed E-state index contributed by atoms with van der Waals surface area (Å²) in [7, 11) is 9.75. The van der Waals surface area contributed by atoms with E-state index >= 15 is 0 Å². The fraction of sp³-hybridized carbons (Fsp3) is 0.833. The van der Waals surface area contributed by atoms with Gasteiger partial charge in [0.15, 0.2) is 0 Å². The summed E-state index contributed by atoms with van der Waals surface area (Å²) >= 11 is -0.472. The van der Waals surface area contributed by atoms with E-state index in [9.17, 15) is 0 Å². The van der Waals surface area contributed by atoms with Gasteiger partial charge in [-0.3, -0.25) is 6.54 Å². The molecule has 0 aliphatic carbocycles. The molecule has 70 valence electrons. The largest absolute Gasteiger partial charge is 0.667 e. The Hall–Kier alpha value is 1.19. The maximum Gasteiger partial charge on any atom is -0.0315 e. The van der Waals surface area contributed by atoms with Crippen molar-refractivity contribution in [2.45, 2.75) is 19.3 Å². The number of piperidine rings is 1. The minimum Gasteiger partial charge on any atom is -0.667 e. The first-order valence-corrected chi connectivity index (χ1v) is 9.02. The van der Waals surface area contributed by atoms with Crippen LogP contribution >= 0.6 is 18.8 Å². The summed E-state index contributed by atoms with van der Waals surface area (Å²) in [5, 5.41) is 0. The molecule has 0 saturated carbocycles. The molecule has 0 amide bonds. The second-order valence-corrected chi connectivity index (χ2v) is 5.48. The van der Waals surface area contributed by atoms with Gasteiger partial charge in [-0.2, -0.15) is 6.42 Å². The zero-order valence-electron chi connectivity index (χ0n) is 6.13. The Morgan fingerprint density at radius 2 is 2.09 bits per heavy atom. The normalized spacial score (nSPS) is 19.2. The van der Waals surface area contributed by atoms with Crippen LogP contribution in [0.2, 0.25) is 0 Å². The molecule has 0 unspecified atom stereocenters. The Morgan fingerprint density at radius 1 is 1.45 bits per heavy atom. The van der Waals surface area contributed by atoms with E-state index in [1.165, 1.54) is 19.3 Å². The second kappa shape index (κ2) is 9.28. The van der Waals surface area contributed by atoms with E-state index in [1.54, 1.807) is 0 Å². The molecule has 0 aromatic heterocycles. The van der Waals surface area contributed by atoms with Gasteiger partial charge in [-0.05, 0) is 13.0 Å². The Labute approximate surface area is 84.8 Å². The van der Waals surface area contributed by atoms with Crippen molar-refractivity contribution in [1.29, 1.82) is 0 Å². The van der Waals surface area contributed by atoms with Crippen LogP contribution in [0.5, 0.6) is 0 Å². The molecule has 0 atom stereocenters. The van der Waals surface area contributed by atoms with Gasteiger partial charge in [-0.1, -0.05) is 6.42 Å². The van der Waals surface area contributed by atoms with Gasteiger partial charge in [0, 0.05) is 0 Å². The van der Waals surface area contributed by atoms with E-state index in [2.05, 4.69) is 11.4 Å². The molecule has 1 saturated heterocycles. The van der Waals surface area contributed by atoms with E-state index in [4.69, 9.17) is 24.6 Å². The monoisotopic (exact) mass is 377 g/mol. The molecular formula is C6H12Cl2N2Pt. The van der Waals surface area contributed by atoms with Crippen LogP contribution in [0.15, 0.2) is 0 Å². The van der Waals surface area contributed by atoms with Gasteiger partial charge in [0.25, 0.3) is 0 Å². The first-order chi connectivity index (χ1) is 5.35. The molecule has 11 heavy (non-hydrogen) atoms. The van der Waals surface area contributed by atoms with E-state index in [-0.39, 0.29) is 0 Å². The molecule has 1 fully saturated rings. The second-order valence-electron chi connectivity index (χ2n) is 2.19. The molecule has 2 nitrogen and oxygen atoms in total. The smallest absolute Gasteiger partial charge is 0.0315 e. The summed E-state index contributed by atoms with van der Waals surface area (Å²) < 4.78 is 0. The molecule has 0 bridgehead atoms. The SMILES string of the molecule is [Cl][Pt+2][Cl].[NH-]CN1[CH-]CCCC1. The number of rotatable bonds is 1.